The number of aliphatic carboxylic acids is 1. The molecule has 0 aliphatic rings. The summed E-state index contributed by atoms with van der Waals surface area (Å²) in [7, 11) is -3.98. The van der Waals surface area contributed by atoms with Crippen LogP contribution < -0.4 is 4.72 Å². The van der Waals surface area contributed by atoms with Crippen molar-refractivity contribution < 1.29 is 23.4 Å². The minimum Gasteiger partial charge on any atom is -0.480 e. The van der Waals surface area contributed by atoms with Crippen molar-refractivity contribution in [1.82, 2.24) is 4.72 Å². The number of carboxylic acid groups (broad SMARTS) is 1. The van der Waals surface area contributed by atoms with E-state index in [4.69, 9.17) is 5.11 Å². The Hall–Kier alpha value is -1.44. The van der Waals surface area contributed by atoms with Crippen LogP contribution in [-0.2, 0) is 14.8 Å². The van der Waals surface area contributed by atoms with Crippen LogP contribution >= 0.6 is 0 Å². The highest BCUT2D eigenvalue weighted by Crippen LogP contribution is 2.14. The third kappa shape index (κ3) is 3.52. The summed E-state index contributed by atoms with van der Waals surface area (Å²) < 4.78 is 25.8. The van der Waals surface area contributed by atoms with Gasteiger partial charge in [-0.05, 0) is 26.0 Å². The van der Waals surface area contributed by atoms with E-state index in [-0.39, 0.29) is 4.90 Å². The predicted molar refractivity (Wildman–Crippen MR) is 64.5 cm³/mol. The number of benzene rings is 1. The second-order valence-electron chi connectivity index (χ2n) is 4.36. The van der Waals surface area contributed by atoms with Crippen LogP contribution in [0.25, 0.3) is 0 Å². The van der Waals surface area contributed by atoms with Crippen LogP contribution in [0.2, 0.25) is 0 Å². The number of hydrogen-bond acceptors (Lipinski definition) is 4. The molecule has 0 bridgehead atoms. The highest BCUT2D eigenvalue weighted by atomic mass is 32.2. The van der Waals surface area contributed by atoms with Crippen molar-refractivity contribution in [3.8, 4) is 0 Å². The summed E-state index contributed by atoms with van der Waals surface area (Å²) in [5.74, 6) is -1.44. The van der Waals surface area contributed by atoms with Gasteiger partial charge in [0.1, 0.15) is 6.04 Å². The third-order valence-electron chi connectivity index (χ3n) is 2.28. The Morgan fingerprint density at radius 1 is 1.28 bits per heavy atom. The molecule has 1 rings (SSSR count). The summed E-state index contributed by atoms with van der Waals surface area (Å²) in [6.07, 6.45) is 0. The molecule has 0 fully saturated rings. The van der Waals surface area contributed by atoms with Gasteiger partial charge < -0.3 is 10.2 Å². The maximum absolute atomic E-state index is 11.9. The predicted octanol–water partition coefficient (Wildman–Crippen LogP) is 0.189. The number of hydrogen-bond donors (Lipinski definition) is 3. The van der Waals surface area contributed by atoms with Gasteiger partial charge in [-0.1, -0.05) is 18.2 Å². The fourth-order valence-electron chi connectivity index (χ4n) is 1.32. The van der Waals surface area contributed by atoms with E-state index in [1.165, 1.54) is 38.1 Å². The molecule has 0 aliphatic carbocycles. The molecule has 1 aromatic carbocycles. The van der Waals surface area contributed by atoms with E-state index in [9.17, 15) is 18.3 Å². The third-order valence-corrected chi connectivity index (χ3v) is 3.72. The maximum Gasteiger partial charge on any atom is 0.324 e. The Bertz CT molecular complexity index is 518. The Labute approximate surface area is 105 Å². The summed E-state index contributed by atoms with van der Waals surface area (Å²) in [5.41, 5.74) is -1.71. The van der Waals surface area contributed by atoms with Gasteiger partial charge in [-0.15, -0.1) is 0 Å². The van der Waals surface area contributed by atoms with E-state index in [0.717, 1.165) is 0 Å². The summed E-state index contributed by atoms with van der Waals surface area (Å²) in [6, 6.07) is 5.74. The molecule has 0 amide bonds. The lowest BCUT2D eigenvalue weighted by atomic mass is 10.0. The topological polar surface area (TPSA) is 104 Å². The first-order valence-corrected chi connectivity index (χ1v) is 6.65. The van der Waals surface area contributed by atoms with Crippen LogP contribution in [0.5, 0.6) is 0 Å². The number of aliphatic hydroxyl groups is 1. The largest absolute Gasteiger partial charge is 0.480 e. The molecule has 6 nitrogen and oxygen atoms in total. The average molecular weight is 273 g/mol. The zero-order chi connectivity index (χ0) is 14.0. The minimum absolute atomic E-state index is 0.0551. The molecule has 0 saturated carbocycles. The molecular formula is C11H15NO5S. The van der Waals surface area contributed by atoms with Crippen molar-refractivity contribution in [2.45, 2.75) is 30.4 Å². The van der Waals surface area contributed by atoms with Crippen molar-refractivity contribution in [2.24, 2.45) is 0 Å². The molecule has 1 atom stereocenters. The van der Waals surface area contributed by atoms with E-state index in [2.05, 4.69) is 0 Å². The molecule has 0 saturated heterocycles. The first-order valence-electron chi connectivity index (χ1n) is 5.17. The fraction of sp³-hybridized carbons (Fsp3) is 0.364. The van der Waals surface area contributed by atoms with Crippen LogP contribution in [-0.4, -0.2) is 36.2 Å². The van der Waals surface area contributed by atoms with Crippen LogP contribution in [0.4, 0.5) is 0 Å². The van der Waals surface area contributed by atoms with Gasteiger partial charge in [0.15, 0.2) is 0 Å². The Morgan fingerprint density at radius 2 is 1.78 bits per heavy atom. The van der Waals surface area contributed by atoms with Gasteiger partial charge in [0, 0.05) is 0 Å². The monoisotopic (exact) mass is 273 g/mol. The second kappa shape index (κ2) is 5.05. The van der Waals surface area contributed by atoms with Crippen molar-refractivity contribution in [1.29, 1.82) is 0 Å². The lowest BCUT2D eigenvalue weighted by Gasteiger charge is -2.26. The SMILES string of the molecule is CC(C)(O)[C@@H](NS(=O)(=O)c1ccccc1)C(=O)O. The van der Waals surface area contributed by atoms with Crippen molar-refractivity contribution in [2.75, 3.05) is 0 Å². The first-order chi connectivity index (χ1) is 8.14. The number of carbonyl (C=O) groups is 1. The highest BCUT2D eigenvalue weighted by molar-refractivity contribution is 7.89. The van der Waals surface area contributed by atoms with E-state index in [1.807, 2.05) is 4.72 Å². The van der Waals surface area contributed by atoms with E-state index in [1.54, 1.807) is 6.07 Å². The second-order valence-corrected chi connectivity index (χ2v) is 6.07. The standard InChI is InChI=1S/C11H15NO5S/c1-11(2,15)9(10(13)14)12-18(16,17)8-6-4-3-5-7-8/h3-7,9,12,15H,1-2H3,(H,13,14)/t9-/m0/s1. The van der Waals surface area contributed by atoms with Crippen LogP contribution in [0.15, 0.2) is 35.2 Å². The molecule has 7 heteroatoms. The summed E-state index contributed by atoms with van der Waals surface area (Å²) in [5, 5.41) is 18.6. The fourth-order valence-corrected chi connectivity index (χ4v) is 2.67. The number of nitrogens with one attached hydrogen (secondary N) is 1. The molecule has 0 aromatic heterocycles. The van der Waals surface area contributed by atoms with Gasteiger partial charge >= 0.3 is 5.97 Å². The molecular weight excluding hydrogens is 258 g/mol. The first kappa shape index (κ1) is 14.6. The molecule has 1 aromatic rings. The molecule has 0 aliphatic heterocycles. The van der Waals surface area contributed by atoms with Gasteiger partial charge in [0.05, 0.1) is 10.5 Å². The average Bonchev–Trinajstić information content (AvgIpc) is 2.25. The summed E-state index contributed by atoms with van der Waals surface area (Å²) in [4.78, 5) is 10.9. The highest BCUT2D eigenvalue weighted by Gasteiger charge is 2.37. The Morgan fingerprint density at radius 3 is 2.17 bits per heavy atom. The molecule has 0 heterocycles. The van der Waals surface area contributed by atoms with Crippen LogP contribution in [0, 0.1) is 0 Å². The summed E-state index contributed by atoms with van der Waals surface area (Å²) >= 11 is 0. The smallest absolute Gasteiger partial charge is 0.324 e. The van der Waals surface area contributed by atoms with Crippen LogP contribution in [0.3, 0.4) is 0 Å². The van der Waals surface area contributed by atoms with Gasteiger partial charge in [0.25, 0.3) is 0 Å². The van der Waals surface area contributed by atoms with E-state index < -0.39 is 27.6 Å². The molecule has 0 spiro atoms. The van der Waals surface area contributed by atoms with Crippen molar-refractivity contribution in [3.63, 3.8) is 0 Å². The lowest BCUT2D eigenvalue weighted by Crippen LogP contribution is -2.53. The molecule has 18 heavy (non-hydrogen) atoms. The minimum atomic E-state index is -3.98. The molecule has 100 valence electrons. The van der Waals surface area contributed by atoms with Gasteiger partial charge in [-0.3, -0.25) is 4.79 Å². The van der Waals surface area contributed by atoms with E-state index >= 15 is 0 Å². The molecule has 3 N–H and O–H groups in total. The summed E-state index contributed by atoms with van der Waals surface area (Å²) in [6.45, 7) is 2.44. The molecule has 0 unspecified atom stereocenters. The number of carboxylic acids is 1. The van der Waals surface area contributed by atoms with Crippen LogP contribution in [0.1, 0.15) is 13.8 Å². The Balaban J connectivity index is 3.06. The quantitative estimate of drug-likeness (QED) is 0.710. The number of rotatable bonds is 5. The zero-order valence-corrected chi connectivity index (χ0v) is 10.8. The van der Waals surface area contributed by atoms with E-state index in [0.29, 0.717) is 0 Å². The molecule has 0 radical (unpaired) electrons. The lowest BCUT2D eigenvalue weighted by molar-refractivity contribution is -0.144. The van der Waals surface area contributed by atoms with Gasteiger partial charge in [-0.25, -0.2) is 8.42 Å². The van der Waals surface area contributed by atoms with Gasteiger partial charge in [-0.2, -0.15) is 4.72 Å². The Kier molecular flexibility index (Phi) is 4.10. The van der Waals surface area contributed by atoms with Gasteiger partial charge in [0.2, 0.25) is 10.0 Å². The zero-order valence-electron chi connectivity index (χ0n) is 9.99. The normalized spacial score (nSPS) is 14.2. The maximum atomic E-state index is 11.9. The number of sulfonamides is 1. The van der Waals surface area contributed by atoms with Crippen molar-refractivity contribution in [3.05, 3.63) is 30.3 Å². The van der Waals surface area contributed by atoms with Crippen molar-refractivity contribution >= 4 is 16.0 Å².